The number of rotatable bonds is 7. The molecule has 5 rings (SSSR count). The van der Waals surface area contributed by atoms with Crippen LogP contribution >= 0.6 is 0 Å². The van der Waals surface area contributed by atoms with Gasteiger partial charge >= 0.3 is 12.1 Å². The first-order valence-corrected chi connectivity index (χ1v) is 12.6. The van der Waals surface area contributed by atoms with Gasteiger partial charge < -0.3 is 19.3 Å². The topological polar surface area (TPSA) is 105 Å². The summed E-state index contributed by atoms with van der Waals surface area (Å²) >= 11 is 0. The van der Waals surface area contributed by atoms with Crippen LogP contribution in [0.15, 0.2) is 83.4 Å². The quantitative estimate of drug-likeness (QED) is 0.297. The molecule has 1 aliphatic heterocycles. The third kappa shape index (κ3) is 5.70. The maximum absolute atomic E-state index is 12.4. The lowest BCUT2D eigenvalue weighted by Gasteiger charge is -2.32. The molecule has 0 spiro atoms. The number of benzene rings is 3. The van der Waals surface area contributed by atoms with Crippen LogP contribution in [0.1, 0.15) is 24.1 Å². The fourth-order valence-electron chi connectivity index (χ4n) is 4.67. The summed E-state index contributed by atoms with van der Waals surface area (Å²) < 4.78 is 10.9. The summed E-state index contributed by atoms with van der Waals surface area (Å²) in [6, 6.07) is 25.5. The van der Waals surface area contributed by atoms with Crippen molar-refractivity contribution in [3.05, 3.63) is 90.1 Å². The Labute approximate surface area is 220 Å². The zero-order valence-corrected chi connectivity index (χ0v) is 21.1. The van der Waals surface area contributed by atoms with E-state index in [4.69, 9.17) is 9.26 Å². The van der Waals surface area contributed by atoms with Crippen LogP contribution < -0.4 is 10.2 Å². The van der Waals surface area contributed by atoms with E-state index in [1.165, 1.54) is 0 Å². The van der Waals surface area contributed by atoms with Gasteiger partial charge in [0.05, 0.1) is 5.92 Å². The van der Waals surface area contributed by atoms with Gasteiger partial charge in [-0.05, 0) is 48.6 Å². The molecule has 4 aromatic rings. The Bertz CT molecular complexity index is 1400. The summed E-state index contributed by atoms with van der Waals surface area (Å²) in [5, 5.41) is 16.2. The first-order valence-electron chi connectivity index (χ1n) is 12.6. The number of carbonyl (C=O) groups excluding carboxylic acids is 1. The standard InChI is InChI=1S/C30H29N3O5/c1-20-27(31-30(36)37-19-21-6-3-2-4-7-21)28(38-32-20)24-11-9-22(10-12-24)23-13-15-26(16-14-23)33-17-5-8-25(18-33)29(34)35/h2-4,6-7,9-16,25H,5,8,17-19H2,1H3,(H,31,36)(H,34,35). The first kappa shape index (κ1) is 25.1. The molecule has 1 saturated heterocycles. The Morgan fingerprint density at radius 3 is 2.34 bits per heavy atom. The van der Waals surface area contributed by atoms with E-state index in [1.807, 2.05) is 78.9 Å². The van der Waals surface area contributed by atoms with Crippen molar-refractivity contribution in [2.75, 3.05) is 23.3 Å². The van der Waals surface area contributed by atoms with Crippen molar-refractivity contribution in [2.24, 2.45) is 5.92 Å². The minimum absolute atomic E-state index is 0.164. The van der Waals surface area contributed by atoms with Gasteiger partial charge in [0.2, 0.25) is 0 Å². The number of carbonyl (C=O) groups is 2. The van der Waals surface area contributed by atoms with Crippen molar-refractivity contribution in [3.8, 4) is 22.5 Å². The number of hydrogen-bond donors (Lipinski definition) is 2. The van der Waals surface area contributed by atoms with Crippen molar-refractivity contribution in [1.29, 1.82) is 0 Å². The molecule has 1 aliphatic rings. The van der Waals surface area contributed by atoms with Crippen LogP contribution in [0.4, 0.5) is 16.2 Å². The smallest absolute Gasteiger partial charge is 0.412 e. The highest BCUT2D eigenvalue weighted by atomic mass is 16.5. The van der Waals surface area contributed by atoms with E-state index in [2.05, 4.69) is 15.4 Å². The highest BCUT2D eigenvalue weighted by Crippen LogP contribution is 2.33. The Hall–Kier alpha value is -4.59. The molecule has 1 fully saturated rings. The number of nitrogens with zero attached hydrogens (tertiary/aromatic N) is 2. The molecule has 0 radical (unpaired) electrons. The Morgan fingerprint density at radius 2 is 1.66 bits per heavy atom. The zero-order valence-electron chi connectivity index (χ0n) is 21.1. The van der Waals surface area contributed by atoms with Crippen molar-refractivity contribution >= 4 is 23.4 Å². The Balaban J connectivity index is 1.25. The Kier molecular flexibility index (Phi) is 7.40. The van der Waals surface area contributed by atoms with Crippen molar-refractivity contribution < 1.29 is 24.0 Å². The molecule has 0 saturated carbocycles. The van der Waals surface area contributed by atoms with Gasteiger partial charge in [-0.1, -0.05) is 71.9 Å². The lowest BCUT2D eigenvalue weighted by molar-refractivity contribution is -0.141. The highest BCUT2D eigenvalue weighted by Gasteiger charge is 2.25. The molecular weight excluding hydrogens is 482 g/mol. The molecule has 1 atom stereocenters. The van der Waals surface area contributed by atoms with Gasteiger partial charge in [0.15, 0.2) is 5.76 Å². The molecule has 1 amide bonds. The van der Waals surface area contributed by atoms with Crippen LogP contribution in [-0.4, -0.2) is 35.4 Å². The number of nitrogens with one attached hydrogen (secondary N) is 1. The Morgan fingerprint density at radius 1 is 1.00 bits per heavy atom. The van der Waals surface area contributed by atoms with Crippen molar-refractivity contribution in [2.45, 2.75) is 26.4 Å². The predicted molar refractivity (Wildman–Crippen MR) is 145 cm³/mol. The lowest BCUT2D eigenvalue weighted by Crippen LogP contribution is -2.38. The van der Waals surface area contributed by atoms with Gasteiger partial charge in [-0.15, -0.1) is 0 Å². The molecule has 38 heavy (non-hydrogen) atoms. The minimum Gasteiger partial charge on any atom is -0.481 e. The molecule has 0 bridgehead atoms. The van der Waals surface area contributed by atoms with E-state index < -0.39 is 12.1 Å². The van der Waals surface area contributed by atoms with Crippen molar-refractivity contribution in [3.63, 3.8) is 0 Å². The molecule has 2 N–H and O–H groups in total. The second-order valence-electron chi connectivity index (χ2n) is 9.41. The number of carboxylic acids is 1. The zero-order chi connectivity index (χ0) is 26.5. The van der Waals surface area contributed by atoms with Crippen LogP contribution in [-0.2, 0) is 16.1 Å². The third-order valence-corrected chi connectivity index (χ3v) is 6.79. The van der Waals surface area contributed by atoms with Gasteiger partial charge in [0.1, 0.15) is 18.0 Å². The number of amides is 1. The van der Waals surface area contributed by atoms with E-state index in [0.717, 1.165) is 47.3 Å². The minimum atomic E-state index is -0.726. The molecule has 0 aliphatic carbocycles. The summed E-state index contributed by atoms with van der Waals surface area (Å²) in [7, 11) is 0. The second-order valence-corrected chi connectivity index (χ2v) is 9.41. The fourth-order valence-corrected chi connectivity index (χ4v) is 4.67. The van der Waals surface area contributed by atoms with Gasteiger partial charge in [-0.2, -0.15) is 0 Å². The number of anilines is 2. The van der Waals surface area contributed by atoms with Crippen LogP contribution in [0.25, 0.3) is 22.5 Å². The molecular formula is C30H29N3O5. The molecule has 8 nitrogen and oxygen atoms in total. The van der Waals surface area contributed by atoms with E-state index in [1.54, 1.807) is 6.92 Å². The van der Waals surface area contributed by atoms with Gasteiger partial charge in [-0.3, -0.25) is 10.1 Å². The van der Waals surface area contributed by atoms with Gasteiger partial charge in [0, 0.05) is 24.3 Å². The molecule has 1 unspecified atom stereocenters. The molecule has 1 aromatic heterocycles. The number of carboxylic acid groups (broad SMARTS) is 1. The normalized spacial score (nSPS) is 15.2. The van der Waals surface area contributed by atoms with E-state index in [9.17, 15) is 14.7 Å². The maximum atomic E-state index is 12.4. The second kappa shape index (κ2) is 11.2. The van der Waals surface area contributed by atoms with E-state index in [0.29, 0.717) is 23.7 Å². The van der Waals surface area contributed by atoms with Crippen LogP contribution in [0.3, 0.4) is 0 Å². The fraction of sp³-hybridized carbons (Fsp3) is 0.233. The first-order chi connectivity index (χ1) is 18.5. The number of piperidine rings is 1. The number of hydrogen-bond acceptors (Lipinski definition) is 6. The van der Waals surface area contributed by atoms with E-state index >= 15 is 0 Å². The van der Waals surface area contributed by atoms with Crippen molar-refractivity contribution in [1.82, 2.24) is 5.16 Å². The predicted octanol–water partition coefficient (Wildman–Crippen LogP) is 6.37. The third-order valence-electron chi connectivity index (χ3n) is 6.79. The van der Waals surface area contributed by atoms with Crippen LogP contribution in [0, 0.1) is 12.8 Å². The number of aromatic nitrogens is 1. The SMILES string of the molecule is Cc1noc(-c2ccc(-c3ccc(N4CCCC(C(=O)O)C4)cc3)cc2)c1NC(=O)OCc1ccccc1. The average molecular weight is 512 g/mol. The molecule has 194 valence electrons. The van der Waals surface area contributed by atoms with Gasteiger partial charge in [0.25, 0.3) is 0 Å². The average Bonchev–Trinajstić information content (AvgIpc) is 3.32. The number of aryl methyl sites for hydroxylation is 1. The number of ether oxygens (including phenoxy) is 1. The monoisotopic (exact) mass is 511 g/mol. The highest BCUT2D eigenvalue weighted by molar-refractivity contribution is 5.91. The largest absolute Gasteiger partial charge is 0.481 e. The summed E-state index contributed by atoms with van der Waals surface area (Å²) in [6.45, 7) is 3.33. The summed E-state index contributed by atoms with van der Waals surface area (Å²) in [6.07, 6.45) is 1.03. The molecule has 8 heteroatoms. The molecule has 3 aromatic carbocycles. The van der Waals surface area contributed by atoms with Crippen LogP contribution in [0.2, 0.25) is 0 Å². The summed E-state index contributed by atoms with van der Waals surface area (Å²) in [4.78, 5) is 26.0. The van der Waals surface area contributed by atoms with Gasteiger partial charge in [-0.25, -0.2) is 4.79 Å². The number of aliphatic carboxylic acids is 1. The summed E-state index contributed by atoms with van der Waals surface area (Å²) in [5.41, 5.74) is 5.80. The van der Waals surface area contributed by atoms with E-state index in [-0.39, 0.29) is 12.5 Å². The maximum Gasteiger partial charge on any atom is 0.412 e. The van der Waals surface area contributed by atoms with Crippen LogP contribution in [0.5, 0.6) is 0 Å². The molecule has 2 heterocycles. The summed E-state index contributed by atoms with van der Waals surface area (Å²) in [5.74, 6) is -0.587. The lowest BCUT2D eigenvalue weighted by atomic mass is 9.97.